The van der Waals surface area contributed by atoms with Crippen LogP contribution in [-0.2, 0) is 20.6 Å². The second-order valence-corrected chi connectivity index (χ2v) is 11.7. The van der Waals surface area contributed by atoms with Crippen LogP contribution in [0.25, 0.3) is 0 Å². The van der Waals surface area contributed by atoms with Crippen LogP contribution in [0.1, 0.15) is 28.7 Å². The van der Waals surface area contributed by atoms with E-state index in [4.69, 9.17) is 4.74 Å². The summed E-state index contributed by atoms with van der Waals surface area (Å²) in [7, 11) is -2.52. The summed E-state index contributed by atoms with van der Waals surface area (Å²) in [4.78, 5) is 13.0. The minimum absolute atomic E-state index is 0.122. The van der Waals surface area contributed by atoms with Gasteiger partial charge in [-0.05, 0) is 73.9 Å². The molecule has 0 heterocycles. The number of methoxy groups -OCH3 is 1. The van der Waals surface area contributed by atoms with Crippen molar-refractivity contribution in [3.63, 3.8) is 0 Å². The van der Waals surface area contributed by atoms with Gasteiger partial charge in [0.25, 0.3) is 10.0 Å². The molecule has 0 spiro atoms. The zero-order chi connectivity index (χ0) is 26.1. The summed E-state index contributed by atoms with van der Waals surface area (Å²) in [5, 5.41) is 2.88. The van der Waals surface area contributed by atoms with E-state index in [2.05, 4.69) is 24.4 Å². The number of aryl methyl sites for hydroxylation is 3. The van der Waals surface area contributed by atoms with Crippen LogP contribution in [0.5, 0.6) is 5.75 Å². The maximum Gasteiger partial charge on any atom is 0.264 e. The highest BCUT2D eigenvalue weighted by Gasteiger charge is 2.29. The van der Waals surface area contributed by atoms with Crippen LogP contribution in [0, 0.1) is 20.8 Å². The largest absolute Gasteiger partial charge is 0.495 e. The van der Waals surface area contributed by atoms with Gasteiger partial charge in [0.1, 0.15) is 12.3 Å². The van der Waals surface area contributed by atoms with Crippen LogP contribution in [0.15, 0.2) is 71.6 Å². The van der Waals surface area contributed by atoms with E-state index in [0.29, 0.717) is 18.0 Å². The van der Waals surface area contributed by atoms with Crippen molar-refractivity contribution in [3.05, 3.63) is 89.0 Å². The van der Waals surface area contributed by atoms with Crippen molar-refractivity contribution in [2.24, 2.45) is 0 Å². The number of ether oxygens (including phenoxy) is 1. The molecular formula is C28H34N2O4S2. The maximum atomic E-state index is 13.6. The maximum absolute atomic E-state index is 13.6. The normalized spacial score (nSPS) is 11.2. The predicted molar refractivity (Wildman–Crippen MR) is 148 cm³/mol. The Morgan fingerprint density at radius 3 is 2.36 bits per heavy atom. The second-order valence-electron chi connectivity index (χ2n) is 8.68. The summed E-state index contributed by atoms with van der Waals surface area (Å²) in [6, 6.07) is 20.2. The molecule has 0 fully saturated rings. The molecular weight excluding hydrogens is 492 g/mol. The third kappa shape index (κ3) is 7.27. The number of rotatable bonds is 12. The molecule has 0 bridgehead atoms. The summed E-state index contributed by atoms with van der Waals surface area (Å²) >= 11 is 1.82. The lowest BCUT2D eigenvalue weighted by Crippen LogP contribution is -2.41. The Balaban J connectivity index is 1.67. The number of amides is 1. The van der Waals surface area contributed by atoms with Crippen molar-refractivity contribution in [2.75, 3.05) is 30.3 Å². The Labute approximate surface area is 219 Å². The zero-order valence-corrected chi connectivity index (χ0v) is 22.9. The molecule has 1 N–H and O–H groups in total. The van der Waals surface area contributed by atoms with Crippen molar-refractivity contribution >= 4 is 33.4 Å². The Hall–Kier alpha value is -2.97. The molecule has 0 aromatic heterocycles. The van der Waals surface area contributed by atoms with Gasteiger partial charge in [0.2, 0.25) is 5.91 Å². The fourth-order valence-electron chi connectivity index (χ4n) is 3.67. The Kier molecular flexibility index (Phi) is 9.84. The molecule has 0 saturated heterocycles. The molecule has 192 valence electrons. The van der Waals surface area contributed by atoms with Gasteiger partial charge in [0.05, 0.1) is 17.7 Å². The van der Waals surface area contributed by atoms with E-state index in [-0.39, 0.29) is 17.3 Å². The molecule has 8 heteroatoms. The van der Waals surface area contributed by atoms with E-state index < -0.39 is 10.0 Å². The predicted octanol–water partition coefficient (Wildman–Crippen LogP) is 5.26. The van der Waals surface area contributed by atoms with Crippen molar-refractivity contribution < 1.29 is 17.9 Å². The summed E-state index contributed by atoms with van der Waals surface area (Å²) in [5.74, 6) is 1.84. The summed E-state index contributed by atoms with van der Waals surface area (Å²) in [6.45, 7) is 6.00. The Bertz CT molecular complexity index is 1270. The topological polar surface area (TPSA) is 75.7 Å². The number of thioether (sulfide) groups is 1. The highest BCUT2D eigenvalue weighted by molar-refractivity contribution is 7.98. The van der Waals surface area contributed by atoms with E-state index in [1.807, 2.05) is 43.8 Å². The lowest BCUT2D eigenvalue weighted by Gasteiger charge is -2.26. The first-order valence-electron chi connectivity index (χ1n) is 11.9. The Morgan fingerprint density at radius 1 is 0.972 bits per heavy atom. The highest BCUT2D eigenvalue weighted by Crippen LogP contribution is 2.33. The number of hydrogen-bond acceptors (Lipinski definition) is 5. The third-order valence-corrected chi connectivity index (χ3v) is 8.67. The number of anilines is 1. The van der Waals surface area contributed by atoms with Crippen molar-refractivity contribution in [1.82, 2.24) is 5.32 Å². The zero-order valence-electron chi connectivity index (χ0n) is 21.3. The first-order valence-corrected chi connectivity index (χ1v) is 14.4. The van der Waals surface area contributed by atoms with Gasteiger partial charge in [-0.3, -0.25) is 9.10 Å². The van der Waals surface area contributed by atoms with Crippen LogP contribution in [0.4, 0.5) is 5.69 Å². The SMILES string of the molecule is COc1ccc(C)cc1N(CC(=O)NCCCSCc1ccccc1C)S(=O)(=O)c1ccc(C)cc1. The third-order valence-electron chi connectivity index (χ3n) is 5.81. The van der Waals surface area contributed by atoms with Crippen LogP contribution in [-0.4, -0.2) is 40.3 Å². The molecule has 6 nitrogen and oxygen atoms in total. The van der Waals surface area contributed by atoms with Crippen molar-refractivity contribution in [1.29, 1.82) is 0 Å². The number of carbonyl (C=O) groups is 1. The molecule has 0 atom stereocenters. The number of nitrogens with zero attached hydrogens (tertiary/aromatic N) is 1. The average molecular weight is 527 g/mol. The molecule has 0 saturated carbocycles. The number of hydrogen-bond donors (Lipinski definition) is 1. The van der Waals surface area contributed by atoms with Crippen LogP contribution < -0.4 is 14.4 Å². The second kappa shape index (κ2) is 12.8. The molecule has 0 radical (unpaired) electrons. The smallest absolute Gasteiger partial charge is 0.264 e. The summed E-state index contributed by atoms with van der Waals surface area (Å²) < 4.78 is 33.8. The van der Waals surface area contributed by atoms with Gasteiger partial charge in [-0.25, -0.2) is 8.42 Å². The fourth-order valence-corrected chi connectivity index (χ4v) is 6.13. The molecule has 0 aliphatic carbocycles. The molecule has 36 heavy (non-hydrogen) atoms. The van der Waals surface area contributed by atoms with Crippen molar-refractivity contribution in [3.8, 4) is 5.75 Å². The van der Waals surface area contributed by atoms with Crippen molar-refractivity contribution in [2.45, 2.75) is 37.8 Å². The van der Waals surface area contributed by atoms with Crippen LogP contribution >= 0.6 is 11.8 Å². The number of sulfonamides is 1. The number of carbonyl (C=O) groups excluding carboxylic acids is 1. The standard InChI is InChI=1S/C28H34N2O4S2/c1-21-10-13-25(14-11-21)36(32,33)30(26-18-22(2)12-15-27(26)34-4)19-28(31)29-16-7-17-35-20-24-9-6-5-8-23(24)3/h5-6,8-15,18H,7,16-17,19-20H2,1-4H3,(H,29,31). The van der Waals surface area contributed by atoms with E-state index >= 15 is 0 Å². The van der Waals surface area contributed by atoms with E-state index in [1.54, 1.807) is 36.4 Å². The van der Waals surface area contributed by atoms with E-state index in [9.17, 15) is 13.2 Å². The van der Waals surface area contributed by atoms with Gasteiger partial charge in [-0.2, -0.15) is 11.8 Å². The van der Waals surface area contributed by atoms with Gasteiger partial charge in [0, 0.05) is 12.3 Å². The minimum atomic E-state index is -4.00. The van der Waals surface area contributed by atoms with Crippen LogP contribution in [0.3, 0.4) is 0 Å². The minimum Gasteiger partial charge on any atom is -0.495 e. The fraction of sp³-hybridized carbons (Fsp3) is 0.321. The molecule has 3 aromatic carbocycles. The van der Waals surface area contributed by atoms with Crippen LogP contribution in [0.2, 0.25) is 0 Å². The lowest BCUT2D eigenvalue weighted by molar-refractivity contribution is -0.119. The molecule has 1 amide bonds. The van der Waals surface area contributed by atoms with Gasteiger partial charge in [-0.1, -0.05) is 48.0 Å². The number of benzene rings is 3. The summed E-state index contributed by atoms with van der Waals surface area (Å²) in [5.41, 5.74) is 4.74. The monoisotopic (exact) mass is 526 g/mol. The molecule has 3 aromatic rings. The molecule has 0 unspecified atom stereocenters. The van der Waals surface area contributed by atoms with E-state index in [1.165, 1.54) is 18.2 Å². The first kappa shape index (κ1) is 27.6. The van der Waals surface area contributed by atoms with Gasteiger partial charge < -0.3 is 10.1 Å². The molecule has 0 aliphatic heterocycles. The molecule has 0 aliphatic rings. The lowest BCUT2D eigenvalue weighted by atomic mass is 10.1. The molecule has 3 rings (SSSR count). The highest BCUT2D eigenvalue weighted by atomic mass is 32.2. The Morgan fingerprint density at radius 2 is 1.67 bits per heavy atom. The average Bonchev–Trinajstić information content (AvgIpc) is 2.86. The summed E-state index contributed by atoms with van der Waals surface area (Å²) in [6.07, 6.45) is 0.792. The first-order chi connectivity index (χ1) is 17.2. The van der Waals surface area contributed by atoms with Gasteiger partial charge >= 0.3 is 0 Å². The van der Waals surface area contributed by atoms with Gasteiger partial charge in [0.15, 0.2) is 0 Å². The number of nitrogens with one attached hydrogen (secondary N) is 1. The quantitative estimate of drug-likeness (QED) is 0.326. The van der Waals surface area contributed by atoms with Gasteiger partial charge in [-0.15, -0.1) is 0 Å². The van der Waals surface area contributed by atoms with E-state index in [0.717, 1.165) is 33.4 Å².